The maximum absolute atomic E-state index is 13.2. The minimum Gasteiger partial charge on any atom is -0.393 e. The Hall–Kier alpha value is -0.640. The first kappa shape index (κ1) is 10.4. The van der Waals surface area contributed by atoms with Gasteiger partial charge in [0.25, 0.3) is 5.91 Å². The van der Waals surface area contributed by atoms with Crippen LogP contribution in [0.2, 0.25) is 0 Å². The molecule has 0 aliphatic carbocycles. The molecule has 0 aromatic rings. The van der Waals surface area contributed by atoms with Gasteiger partial charge in [0.15, 0.2) is 5.67 Å². The van der Waals surface area contributed by atoms with E-state index in [0.29, 0.717) is 25.9 Å². The van der Waals surface area contributed by atoms with Crippen molar-refractivity contribution in [2.24, 2.45) is 0 Å². The lowest BCUT2D eigenvalue weighted by molar-refractivity contribution is -0.143. The summed E-state index contributed by atoms with van der Waals surface area (Å²) >= 11 is 0. The molecule has 1 saturated heterocycles. The van der Waals surface area contributed by atoms with Crippen molar-refractivity contribution in [3.8, 4) is 0 Å². The van der Waals surface area contributed by atoms with Gasteiger partial charge in [-0.25, -0.2) is 4.39 Å². The average Bonchev–Trinajstić information content (AvgIpc) is 2.03. The smallest absolute Gasteiger partial charge is 0.259 e. The van der Waals surface area contributed by atoms with Gasteiger partial charge in [0.2, 0.25) is 0 Å². The van der Waals surface area contributed by atoms with E-state index in [4.69, 9.17) is 0 Å². The number of aliphatic hydroxyl groups is 1. The van der Waals surface area contributed by atoms with E-state index in [1.165, 1.54) is 18.7 Å². The number of rotatable bonds is 1. The highest BCUT2D eigenvalue weighted by molar-refractivity contribution is 5.84. The first-order chi connectivity index (χ1) is 5.91. The molecular weight excluding hydrogens is 173 g/mol. The van der Waals surface area contributed by atoms with Crippen molar-refractivity contribution in [3.63, 3.8) is 0 Å². The molecule has 0 radical (unpaired) electrons. The van der Waals surface area contributed by atoms with Crippen LogP contribution in [0, 0.1) is 0 Å². The van der Waals surface area contributed by atoms with Crippen molar-refractivity contribution in [2.75, 3.05) is 13.1 Å². The number of piperidine rings is 1. The van der Waals surface area contributed by atoms with E-state index >= 15 is 0 Å². The molecule has 1 rings (SSSR count). The molecule has 76 valence electrons. The van der Waals surface area contributed by atoms with E-state index in [0.717, 1.165) is 0 Å². The Kier molecular flexibility index (Phi) is 2.91. The van der Waals surface area contributed by atoms with Gasteiger partial charge in [-0.15, -0.1) is 0 Å². The molecule has 1 aliphatic rings. The maximum Gasteiger partial charge on any atom is 0.259 e. The third kappa shape index (κ3) is 2.66. The number of hydrogen-bond acceptors (Lipinski definition) is 2. The van der Waals surface area contributed by atoms with Crippen LogP contribution < -0.4 is 0 Å². The molecule has 1 aliphatic heterocycles. The topological polar surface area (TPSA) is 40.5 Å². The molecule has 0 spiro atoms. The van der Waals surface area contributed by atoms with Gasteiger partial charge in [-0.2, -0.15) is 0 Å². The Bertz CT molecular complexity index is 192. The van der Waals surface area contributed by atoms with Crippen LogP contribution in [0.25, 0.3) is 0 Å². The molecule has 0 saturated carbocycles. The van der Waals surface area contributed by atoms with Crippen LogP contribution in [-0.4, -0.2) is 40.8 Å². The first-order valence-electron chi connectivity index (χ1n) is 4.57. The van der Waals surface area contributed by atoms with Crippen molar-refractivity contribution in [3.05, 3.63) is 0 Å². The van der Waals surface area contributed by atoms with Gasteiger partial charge in [-0.3, -0.25) is 4.79 Å². The second kappa shape index (κ2) is 3.62. The van der Waals surface area contributed by atoms with Crippen molar-refractivity contribution in [1.82, 2.24) is 4.90 Å². The zero-order valence-electron chi connectivity index (χ0n) is 8.09. The lowest BCUT2D eigenvalue weighted by Gasteiger charge is -2.32. The van der Waals surface area contributed by atoms with Gasteiger partial charge in [-0.05, 0) is 26.7 Å². The van der Waals surface area contributed by atoms with Crippen LogP contribution in [0.15, 0.2) is 0 Å². The Morgan fingerprint density at radius 3 is 2.31 bits per heavy atom. The predicted octanol–water partition coefficient (Wildman–Crippen LogP) is 0.718. The van der Waals surface area contributed by atoms with E-state index in [2.05, 4.69) is 0 Å². The molecule has 0 atom stereocenters. The SMILES string of the molecule is CC(C)(F)C(=O)N1CCC(O)CC1. The molecule has 1 fully saturated rings. The molecular formula is C9H16FNO2. The number of aliphatic hydroxyl groups excluding tert-OH is 1. The largest absolute Gasteiger partial charge is 0.393 e. The first-order valence-corrected chi connectivity index (χ1v) is 4.57. The summed E-state index contributed by atoms with van der Waals surface area (Å²) < 4.78 is 13.2. The van der Waals surface area contributed by atoms with E-state index in [1.54, 1.807) is 0 Å². The van der Waals surface area contributed by atoms with E-state index in [9.17, 15) is 14.3 Å². The summed E-state index contributed by atoms with van der Waals surface area (Å²) in [4.78, 5) is 12.9. The zero-order valence-corrected chi connectivity index (χ0v) is 8.09. The Labute approximate surface area is 77.5 Å². The van der Waals surface area contributed by atoms with Crippen LogP contribution in [0.1, 0.15) is 26.7 Å². The Balaban J connectivity index is 2.50. The molecule has 1 N–H and O–H groups in total. The van der Waals surface area contributed by atoms with Crippen LogP contribution in [-0.2, 0) is 4.79 Å². The maximum atomic E-state index is 13.2. The number of likely N-dealkylation sites (tertiary alicyclic amines) is 1. The number of hydrogen-bond donors (Lipinski definition) is 1. The van der Waals surface area contributed by atoms with E-state index < -0.39 is 11.6 Å². The highest BCUT2D eigenvalue weighted by atomic mass is 19.1. The number of alkyl halides is 1. The Morgan fingerprint density at radius 2 is 1.92 bits per heavy atom. The number of carbonyl (C=O) groups is 1. The lowest BCUT2D eigenvalue weighted by Crippen LogP contribution is -2.47. The Morgan fingerprint density at radius 1 is 1.46 bits per heavy atom. The quantitative estimate of drug-likeness (QED) is 0.660. The summed E-state index contributed by atoms with van der Waals surface area (Å²) in [6.07, 6.45) is 0.788. The van der Waals surface area contributed by atoms with Gasteiger partial charge >= 0.3 is 0 Å². The molecule has 13 heavy (non-hydrogen) atoms. The highest BCUT2D eigenvalue weighted by Gasteiger charge is 2.33. The summed E-state index contributed by atoms with van der Waals surface area (Å²) in [6.45, 7) is 3.46. The molecule has 4 heteroatoms. The average molecular weight is 189 g/mol. The van der Waals surface area contributed by atoms with E-state index in [-0.39, 0.29) is 6.10 Å². The number of carbonyl (C=O) groups excluding carboxylic acids is 1. The zero-order chi connectivity index (χ0) is 10.1. The van der Waals surface area contributed by atoms with Gasteiger partial charge in [0.1, 0.15) is 0 Å². The minimum absolute atomic E-state index is 0.327. The molecule has 0 unspecified atom stereocenters. The monoisotopic (exact) mass is 189 g/mol. The molecule has 0 aromatic carbocycles. The standard InChI is InChI=1S/C9H16FNO2/c1-9(2,10)8(13)11-5-3-7(12)4-6-11/h7,12H,3-6H2,1-2H3. The van der Waals surface area contributed by atoms with Gasteiger partial charge in [0, 0.05) is 13.1 Å². The van der Waals surface area contributed by atoms with Gasteiger partial charge in [0.05, 0.1) is 6.10 Å². The van der Waals surface area contributed by atoms with Crippen LogP contribution in [0.4, 0.5) is 4.39 Å². The van der Waals surface area contributed by atoms with Gasteiger partial charge < -0.3 is 10.0 Å². The normalized spacial score (nSPS) is 20.5. The summed E-state index contributed by atoms with van der Waals surface area (Å²) in [6, 6.07) is 0. The summed E-state index contributed by atoms with van der Waals surface area (Å²) in [5.41, 5.74) is -1.79. The predicted molar refractivity (Wildman–Crippen MR) is 47.0 cm³/mol. The van der Waals surface area contributed by atoms with Crippen molar-refractivity contribution in [2.45, 2.75) is 38.5 Å². The number of halogens is 1. The van der Waals surface area contributed by atoms with Crippen LogP contribution in [0.5, 0.6) is 0 Å². The fraction of sp³-hybridized carbons (Fsp3) is 0.889. The molecule has 1 amide bonds. The highest BCUT2D eigenvalue weighted by Crippen LogP contribution is 2.17. The fourth-order valence-electron chi connectivity index (χ4n) is 1.44. The second-order valence-corrected chi connectivity index (χ2v) is 4.00. The van der Waals surface area contributed by atoms with Crippen molar-refractivity contribution >= 4 is 5.91 Å². The minimum atomic E-state index is -1.79. The fourth-order valence-corrected chi connectivity index (χ4v) is 1.44. The van der Waals surface area contributed by atoms with Crippen molar-refractivity contribution < 1.29 is 14.3 Å². The molecule has 3 nitrogen and oxygen atoms in total. The third-order valence-electron chi connectivity index (χ3n) is 2.26. The summed E-state index contributed by atoms with van der Waals surface area (Å²) in [7, 11) is 0. The van der Waals surface area contributed by atoms with Crippen molar-refractivity contribution in [1.29, 1.82) is 0 Å². The molecule has 0 bridgehead atoms. The van der Waals surface area contributed by atoms with Crippen LogP contribution in [0.3, 0.4) is 0 Å². The van der Waals surface area contributed by atoms with Crippen LogP contribution >= 0.6 is 0 Å². The second-order valence-electron chi connectivity index (χ2n) is 4.00. The molecule has 1 heterocycles. The lowest BCUT2D eigenvalue weighted by atomic mass is 10.0. The summed E-state index contributed by atoms with van der Waals surface area (Å²) in [5.74, 6) is -0.473. The van der Waals surface area contributed by atoms with E-state index in [1.807, 2.05) is 0 Å². The third-order valence-corrected chi connectivity index (χ3v) is 2.26. The number of nitrogens with zero attached hydrogens (tertiary/aromatic N) is 1. The number of amides is 1. The molecule has 0 aromatic heterocycles. The summed E-state index contributed by atoms with van der Waals surface area (Å²) in [5, 5.41) is 9.18. The van der Waals surface area contributed by atoms with Gasteiger partial charge in [-0.1, -0.05) is 0 Å².